The molecular formula is C14H30N2O2. The van der Waals surface area contributed by atoms with Gasteiger partial charge in [0.05, 0.1) is 0 Å². The van der Waals surface area contributed by atoms with E-state index >= 15 is 0 Å². The lowest BCUT2D eigenvalue weighted by Crippen LogP contribution is -2.38. The Hall–Kier alpha value is -0.610. The lowest BCUT2D eigenvalue weighted by Gasteiger charge is -2.29. The molecule has 0 saturated heterocycles. The zero-order chi connectivity index (χ0) is 14.0. The van der Waals surface area contributed by atoms with Crippen LogP contribution in [0.2, 0.25) is 0 Å². The minimum atomic E-state index is -0.0295. The second kappa shape index (κ2) is 9.34. The van der Waals surface area contributed by atoms with Crippen LogP contribution in [0, 0.1) is 5.41 Å². The first-order valence-corrected chi connectivity index (χ1v) is 7.18. The van der Waals surface area contributed by atoms with Gasteiger partial charge in [0.1, 0.15) is 0 Å². The van der Waals surface area contributed by atoms with Crippen LogP contribution in [0.25, 0.3) is 0 Å². The van der Waals surface area contributed by atoms with Crippen molar-refractivity contribution >= 4 is 5.91 Å². The topological polar surface area (TPSA) is 52.6 Å². The van der Waals surface area contributed by atoms with E-state index in [1.165, 1.54) is 0 Å². The molecule has 108 valence electrons. The van der Waals surface area contributed by atoms with Crippen LogP contribution >= 0.6 is 0 Å². The van der Waals surface area contributed by atoms with Gasteiger partial charge >= 0.3 is 0 Å². The van der Waals surface area contributed by atoms with Crippen molar-refractivity contribution < 1.29 is 9.90 Å². The molecule has 0 aromatic heterocycles. The van der Waals surface area contributed by atoms with Crippen LogP contribution in [0.3, 0.4) is 0 Å². The van der Waals surface area contributed by atoms with Crippen LogP contribution in [0.5, 0.6) is 0 Å². The first kappa shape index (κ1) is 17.4. The van der Waals surface area contributed by atoms with Crippen molar-refractivity contribution in [3.05, 3.63) is 0 Å². The van der Waals surface area contributed by atoms with E-state index in [-0.39, 0.29) is 17.9 Å². The number of aliphatic hydroxyl groups excluding tert-OH is 1. The number of carbonyl (C=O) groups excluding carboxylic acids is 1. The first-order chi connectivity index (χ1) is 8.59. The minimum Gasteiger partial charge on any atom is -0.396 e. The van der Waals surface area contributed by atoms with E-state index in [9.17, 15) is 9.90 Å². The zero-order valence-corrected chi connectivity index (χ0v) is 12.5. The van der Waals surface area contributed by atoms with Crippen molar-refractivity contribution in [3.8, 4) is 0 Å². The summed E-state index contributed by atoms with van der Waals surface area (Å²) >= 11 is 0. The predicted octanol–water partition coefficient (Wildman–Crippen LogP) is 1.63. The number of nitrogens with zero attached hydrogens (tertiary/aromatic N) is 1. The van der Waals surface area contributed by atoms with E-state index in [1.807, 2.05) is 18.7 Å². The number of carbonyl (C=O) groups is 1. The maximum absolute atomic E-state index is 11.8. The fraction of sp³-hybridized carbons (Fsp3) is 0.929. The van der Waals surface area contributed by atoms with Gasteiger partial charge in [0.15, 0.2) is 0 Å². The van der Waals surface area contributed by atoms with Gasteiger partial charge in [0.25, 0.3) is 0 Å². The molecule has 2 N–H and O–H groups in total. The van der Waals surface area contributed by atoms with Crippen LogP contribution in [-0.4, -0.2) is 48.7 Å². The molecule has 0 radical (unpaired) electrons. The zero-order valence-electron chi connectivity index (χ0n) is 12.5. The Morgan fingerprint density at radius 1 is 1.17 bits per heavy atom. The molecule has 0 heterocycles. The molecule has 0 saturated carbocycles. The standard InChI is InChI=1S/C14H30N2O2/c1-5-14(6-2,12-17)11-15-10-9-13(18)16(7-3)8-4/h15,17H,5-12H2,1-4H3. The Morgan fingerprint density at radius 3 is 2.11 bits per heavy atom. The highest BCUT2D eigenvalue weighted by Crippen LogP contribution is 2.24. The Bertz CT molecular complexity index is 216. The molecule has 0 bridgehead atoms. The average Bonchev–Trinajstić information content (AvgIpc) is 2.41. The van der Waals surface area contributed by atoms with Crippen LogP contribution in [0.15, 0.2) is 0 Å². The lowest BCUT2D eigenvalue weighted by atomic mass is 9.83. The summed E-state index contributed by atoms with van der Waals surface area (Å²) in [7, 11) is 0. The van der Waals surface area contributed by atoms with Crippen molar-refractivity contribution in [3.63, 3.8) is 0 Å². The average molecular weight is 258 g/mol. The van der Waals surface area contributed by atoms with Gasteiger partial charge in [-0.1, -0.05) is 13.8 Å². The van der Waals surface area contributed by atoms with E-state index in [4.69, 9.17) is 0 Å². The summed E-state index contributed by atoms with van der Waals surface area (Å²) in [6.45, 7) is 11.4. The Morgan fingerprint density at radius 2 is 1.72 bits per heavy atom. The van der Waals surface area contributed by atoms with Gasteiger partial charge in [-0.3, -0.25) is 4.79 Å². The number of rotatable bonds is 10. The molecule has 0 rings (SSSR count). The fourth-order valence-corrected chi connectivity index (χ4v) is 2.06. The van der Waals surface area contributed by atoms with Crippen LogP contribution in [0.4, 0.5) is 0 Å². The smallest absolute Gasteiger partial charge is 0.223 e. The summed E-state index contributed by atoms with van der Waals surface area (Å²) in [6.07, 6.45) is 2.45. The Kier molecular flexibility index (Phi) is 9.02. The van der Waals surface area contributed by atoms with E-state index in [0.29, 0.717) is 13.0 Å². The highest BCUT2D eigenvalue weighted by Gasteiger charge is 2.24. The SMILES string of the molecule is CCN(CC)C(=O)CCNCC(CC)(CC)CO. The molecule has 0 unspecified atom stereocenters. The summed E-state index contributed by atoms with van der Waals surface area (Å²) in [5.41, 5.74) is -0.0295. The number of hydrogen-bond donors (Lipinski definition) is 2. The molecule has 4 heteroatoms. The largest absolute Gasteiger partial charge is 0.396 e. The molecule has 0 aliphatic heterocycles. The van der Waals surface area contributed by atoms with E-state index in [0.717, 1.165) is 32.5 Å². The maximum atomic E-state index is 11.8. The van der Waals surface area contributed by atoms with Gasteiger partial charge in [-0.15, -0.1) is 0 Å². The van der Waals surface area contributed by atoms with Gasteiger partial charge in [-0.25, -0.2) is 0 Å². The summed E-state index contributed by atoms with van der Waals surface area (Å²) in [4.78, 5) is 13.6. The molecule has 0 fully saturated rings. The van der Waals surface area contributed by atoms with Gasteiger partial charge in [-0.2, -0.15) is 0 Å². The Labute approximate surface area is 112 Å². The van der Waals surface area contributed by atoms with Crippen molar-refractivity contribution in [2.75, 3.05) is 32.8 Å². The third-order valence-electron chi connectivity index (χ3n) is 3.97. The Balaban J connectivity index is 3.95. The normalized spacial score (nSPS) is 11.6. The molecule has 4 nitrogen and oxygen atoms in total. The molecule has 1 amide bonds. The minimum absolute atomic E-state index is 0.0295. The summed E-state index contributed by atoms with van der Waals surface area (Å²) in [5, 5.41) is 12.7. The predicted molar refractivity (Wildman–Crippen MR) is 75.5 cm³/mol. The van der Waals surface area contributed by atoms with Crippen molar-refractivity contribution in [2.24, 2.45) is 5.41 Å². The summed E-state index contributed by atoms with van der Waals surface area (Å²) in [6, 6.07) is 0. The molecule has 0 aromatic carbocycles. The van der Waals surface area contributed by atoms with Crippen LogP contribution in [0.1, 0.15) is 47.0 Å². The maximum Gasteiger partial charge on any atom is 0.223 e. The molecule has 0 aliphatic carbocycles. The third-order valence-corrected chi connectivity index (χ3v) is 3.97. The summed E-state index contributed by atoms with van der Waals surface area (Å²) < 4.78 is 0. The van der Waals surface area contributed by atoms with Gasteiger partial charge < -0.3 is 15.3 Å². The second-order valence-corrected chi connectivity index (χ2v) is 4.86. The van der Waals surface area contributed by atoms with Crippen molar-refractivity contribution in [1.82, 2.24) is 10.2 Å². The molecular weight excluding hydrogens is 228 g/mol. The quantitative estimate of drug-likeness (QED) is 0.586. The number of hydrogen-bond acceptors (Lipinski definition) is 3. The van der Waals surface area contributed by atoms with E-state index in [1.54, 1.807) is 0 Å². The van der Waals surface area contributed by atoms with Gasteiger partial charge in [0, 0.05) is 44.6 Å². The number of amides is 1. The van der Waals surface area contributed by atoms with Crippen molar-refractivity contribution in [1.29, 1.82) is 0 Å². The van der Waals surface area contributed by atoms with Crippen LogP contribution in [-0.2, 0) is 4.79 Å². The first-order valence-electron chi connectivity index (χ1n) is 7.18. The van der Waals surface area contributed by atoms with E-state index < -0.39 is 0 Å². The lowest BCUT2D eigenvalue weighted by molar-refractivity contribution is -0.130. The molecule has 0 aliphatic rings. The molecule has 0 aromatic rings. The monoisotopic (exact) mass is 258 g/mol. The van der Waals surface area contributed by atoms with Crippen LogP contribution < -0.4 is 5.32 Å². The highest BCUT2D eigenvalue weighted by atomic mass is 16.3. The van der Waals surface area contributed by atoms with Gasteiger partial charge in [-0.05, 0) is 26.7 Å². The second-order valence-electron chi connectivity index (χ2n) is 4.86. The third kappa shape index (κ3) is 5.36. The van der Waals surface area contributed by atoms with Crippen molar-refractivity contribution in [2.45, 2.75) is 47.0 Å². The van der Waals surface area contributed by atoms with E-state index in [2.05, 4.69) is 19.2 Å². The van der Waals surface area contributed by atoms with Gasteiger partial charge in [0.2, 0.25) is 5.91 Å². The number of nitrogens with one attached hydrogen (secondary N) is 1. The summed E-state index contributed by atoms with van der Waals surface area (Å²) in [5.74, 6) is 0.204. The fourth-order valence-electron chi connectivity index (χ4n) is 2.06. The molecule has 0 atom stereocenters. The molecule has 0 spiro atoms. The molecule has 18 heavy (non-hydrogen) atoms. The number of aliphatic hydroxyl groups is 1. The highest BCUT2D eigenvalue weighted by molar-refractivity contribution is 5.76.